The van der Waals surface area contributed by atoms with Gasteiger partial charge in [0.25, 0.3) is 0 Å². The van der Waals surface area contributed by atoms with Gasteiger partial charge in [-0.15, -0.1) is 0 Å². The Kier molecular flexibility index (Phi) is 9.88. The fraction of sp³-hybridized carbons (Fsp3) is 0.704. The van der Waals surface area contributed by atoms with E-state index in [9.17, 15) is 14.7 Å². The van der Waals surface area contributed by atoms with Gasteiger partial charge < -0.3 is 35.1 Å². The fourth-order valence-electron chi connectivity index (χ4n) is 4.91. The number of nitrogens with one attached hydrogen (secondary N) is 1. The maximum atomic E-state index is 12.3. The second-order valence-corrected chi connectivity index (χ2v) is 10.4. The number of carbonyl (C=O) groups is 2. The second-order valence-electron chi connectivity index (χ2n) is 10.4. The van der Waals surface area contributed by atoms with Crippen molar-refractivity contribution in [1.82, 2.24) is 5.32 Å². The van der Waals surface area contributed by atoms with Gasteiger partial charge in [0.1, 0.15) is 23.9 Å². The summed E-state index contributed by atoms with van der Waals surface area (Å²) < 4.78 is 22.7. The Labute approximate surface area is 214 Å². The third-order valence-corrected chi connectivity index (χ3v) is 7.19. The Balaban J connectivity index is 1.48. The van der Waals surface area contributed by atoms with E-state index < -0.39 is 23.9 Å². The molecule has 0 saturated carbocycles. The van der Waals surface area contributed by atoms with Gasteiger partial charge in [-0.3, -0.25) is 9.59 Å². The van der Waals surface area contributed by atoms with Gasteiger partial charge in [0.2, 0.25) is 5.91 Å². The van der Waals surface area contributed by atoms with E-state index in [-0.39, 0.29) is 42.1 Å². The highest BCUT2D eigenvalue weighted by Crippen LogP contribution is 2.42. The number of allylic oxidation sites excluding steroid dienone is 2. The zero-order valence-corrected chi connectivity index (χ0v) is 22.0. The predicted molar refractivity (Wildman–Crippen MR) is 135 cm³/mol. The van der Waals surface area contributed by atoms with E-state index in [1.54, 1.807) is 13.0 Å². The lowest BCUT2D eigenvalue weighted by molar-refractivity contribution is -0.143. The van der Waals surface area contributed by atoms with Crippen LogP contribution in [0, 0.1) is 5.92 Å². The van der Waals surface area contributed by atoms with Crippen LogP contribution >= 0.6 is 0 Å². The van der Waals surface area contributed by atoms with Crippen molar-refractivity contribution in [2.45, 2.75) is 102 Å². The van der Waals surface area contributed by atoms with Gasteiger partial charge in [-0.1, -0.05) is 30.7 Å². The molecule has 36 heavy (non-hydrogen) atoms. The molecule has 0 aromatic carbocycles. The number of aliphatic hydroxyl groups is 1. The summed E-state index contributed by atoms with van der Waals surface area (Å²) in [5, 5.41) is 13.6. The molecule has 9 nitrogen and oxygen atoms in total. The molecule has 3 saturated heterocycles. The van der Waals surface area contributed by atoms with Crippen LogP contribution in [-0.2, 0) is 28.5 Å². The monoisotopic (exact) mass is 506 g/mol. The highest BCUT2D eigenvalue weighted by molar-refractivity contribution is 5.87. The molecule has 3 fully saturated rings. The summed E-state index contributed by atoms with van der Waals surface area (Å²) in [6.07, 6.45) is 9.30. The van der Waals surface area contributed by atoms with E-state index in [0.717, 1.165) is 18.4 Å². The highest BCUT2D eigenvalue weighted by atomic mass is 16.6. The van der Waals surface area contributed by atoms with E-state index in [2.05, 4.69) is 18.3 Å². The van der Waals surface area contributed by atoms with Gasteiger partial charge in [-0.25, -0.2) is 0 Å². The number of nitrogens with two attached hydrogens (primary N) is 1. The zero-order valence-electron chi connectivity index (χ0n) is 22.0. The summed E-state index contributed by atoms with van der Waals surface area (Å²) in [6, 6.07) is -0.0974. The molecule has 0 aromatic rings. The molecule has 4 N–H and O–H groups in total. The predicted octanol–water partition coefficient (Wildman–Crippen LogP) is 1.93. The topological polar surface area (TPSA) is 133 Å². The molecular formula is C27H42N2O7. The standard InChI is InChI=1S/C27H42N2O7/c1-16(7-10-24-26(32)27(15-33-27)13-21(14-28)36-24)6-9-23-17(2)12-22(19(4)35-23)29-25(31)11-8-18(3)34-20(5)30/h6-8,10-11,17-19,21-24,26,32H,9,12-15,28H2,1-5H3,(H,29,31). The first kappa shape index (κ1) is 28.5. The summed E-state index contributed by atoms with van der Waals surface area (Å²) in [6.45, 7) is 10.1. The first-order valence-corrected chi connectivity index (χ1v) is 12.9. The number of aliphatic hydroxyl groups excluding tert-OH is 1. The number of ether oxygens (including phenoxy) is 4. The van der Waals surface area contributed by atoms with Crippen LogP contribution in [-0.4, -0.2) is 78.4 Å². The Morgan fingerprint density at radius 3 is 2.61 bits per heavy atom. The normalized spacial score (nSPS) is 37.9. The van der Waals surface area contributed by atoms with Crippen molar-refractivity contribution in [3.63, 3.8) is 0 Å². The number of carbonyl (C=O) groups excluding carboxylic acids is 2. The molecule has 1 spiro atoms. The van der Waals surface area contributed by atoms with Crippen LogP contribution in [0.15, 0.2) is 36.0 Å². The van der Waals surface area contributed by atoms with E-state index in [0.29, 0.717) is 19.6 Å². The minimum absolute atomic E-state index is 0.0392. The van der Waals surface area contributed by atoms with Gasteiger partial charge in [-0.05, 0) is 45.6 Å². The molecule has 0 aliphatic carbocycles. The van der Waals surface area contributed by atoms with E-state index in [4.69, 9.17) is 24.7 Å². The van der Waals surface area contributed by atoms with Gasteiger partial charge in [0.15, 0.2) is 0 Å². The molecular weight excluding hydrogens is 464 g/mol. The minimum atomic E-state index is -0.696. The summed E-state index contributed by atoms with van der Waals surface area (Å²) in [7, 11) is 0. The van der Waals surface area contributed by atoms with Crippen LogP contribution in [0.3, 0.4) is 0 Å². The second kappa shape index (κ2) is 12.5. The Morgan fingerprint density at radius 1 is 1.25 bits per heavy atom. The van der Waals surface area contributed by atoms with Crippen LogP contribution < -0.4 is 11.1 Å². The minimum Gasteiger partial charge on any atom is -0.459 e. The number of rotatable bonds is 9. The molecule has 3 aliphatic heterocycles. The molecule has 3 rings (SSSR count). The van der Waals surface area contributed by atoms with Crippen molar-refractivity contribution < 1.29 is 33.6 Å². The van der Waals surface area contributed by atoms with Crippen LogP contribution in [0.5, 0.6) is 0 Å². The van der Waals surface area contributed by atoms with Crippen molar-refractivity contribution in [3.05, 3.63) is 36.0 Å². The molecule has 0 aromatic heterocycles. The van der Waals surface area contributed by atoms with Crippen molar-refractivity contribution in [2.75, 3.05) is 13.2 Å². The van der Waals surface area contributed by atoms with E-state index in [1.165, 1.54) is 13.0 Å². The lowest BCUT2D eigenvalue weighted by Crippen LogP contribution is -2.51. The van der Waals surface area contributed by atoms with Crippen LogP contribution in [0.4, 0.5) is 0 Å². The van der Waals surface area contributed by atoms with Crippen molar-refractivity contribution in [3.8, 4) is 0 Å². The van der Waals surface area contributed by atoms with Crippen molar-refractivity contribution >= 4 is 11.9 Å². The van der Waals surface area contributed by atoms with Gasteiger partial charge >= 0.3 is 5.97 Å². The maximum absolute atomic E-state index is 12.3. The molecule has 0 radical (unpaired) electrons. The lowest BCUT2D eigenvalue weighted by atomic mass is 9.87. The molecule has 3 heterocycles. The highest BCUT2D eigenvalue weighted by Gasteiger charge is 2.58. The first-order valence-electron chi connectivity index (χ1n) is 12.9. The Morgan fingerprint density at radius 2 is 1.97 bits per heavy atom. The van der Waals surface area contributed by atoms with Crippen LogP contribution in [0.2, 0.25) is 0 Å². The van der Waals surface area contributed by atoms with Crippen molar-refractivity contribution in [2.24, 2.45) is 11.7 Å². The molecule has 1 amide bonds. The third kappa shape index (κ3) is 7.73. The zero-order chi connectivity index (χ0) is 26.5. The summed E-state index contributed by atoms with van der Waals surface area (Å²) in [4.78, 5) is 23.3. The number of esters is 1. The molecule has 3 aliphatic rings. The SMILES string of the molecule is CC(=O)OC(C)C=CC(=O)NC1CC(C)C(CC=C(C)C=CC2OC(CN)CC3(CO3)C2O)OC1C. The number of hydrogen-bond donors (Lipinski definition) is 3. The fourth-order valence-corrected chi connectivity index (χ4v) is 4.91. The summed E-state index contributed by atoms with van der Waals surface area (Å²) in [5.74, 6) is -0.365. The molecule has 9 atom stereocenters. The molecule has 9 heteroatoms. The lowest BCUT2D eigenvalue weighted by Gasteiger charge is -2.39. The first-order chi connectivity index (χ1) is 17.0. The third-order valence-electron chi connectivity index (χ3n) is 7.19. The average Bonchev–Trinajstić information content (AvgIpc) is 3.59. The molecule has 0 bridgehead atoms. The molecule has 202 valence electrons. The summed E-state index contributed by atoms with van der Waals surface area (Å²) >= 11 is 0. The van der Waals surface area contributed by atoms with E-state index in [1.807, 2.05) is 26.0 Å². The maximum Gasteiger partial charge on any atom is 0.303 e. The smallest absolute Gasteiger partial charge is 0.303 e. The van der Waals surface area contributed by atoms with Gasteiger partial charge in [0, 0.05) is 26.0 Å². The van der Waals surface area contributed by atoms with Crippen LogP contribution in [0.1, 0.15) is 53.9 Å². The molecule has 9 unspecified atom stereocenters. The quantitative estimate of drug-likeness (QED) is 0.187. The Hall–Kier alpha value is -2.04. The number of amides is 1. The number of epoxide rings is 1. The summed E-state index contributed by atoms with van der Waals surface area (Å²) in [5.41, 5.74) is 6.35. The van der Waals surface area contributed by atoms with Crippen LogP contribution in [0.25, 0.3) is 0 Å². The number of hydrogen-bond acceptors (Lipinski definition) is 8. The van der Waals surface area contributed by atoms with E-state index >= 15 is 0 Å². The Bertz CT molecular complexity index is 866. The largest absolute Gasteiger partial charge is 0.459 e. The average molecular weight is 507 g/mol. The van der Waals surface area contributed by atoms with Gasteiger partial charge in [-0.2, -0.15) is 0 Å². The van der Waals surface area contributed by atoms with Crippen molar-refractivity contribution in [1.29, 1.82) is 0 Å². The van der Waals surface area contributed by atoms with Gasteiger partial charge in [0.05, 0.1) is 31.0 Å².